The Morgan fingerprint density at radius 1 is 1.20 bits per heavy atom. The summed E-state index contributed by atoms with van der Waals surface area (Å²) < 4.78 is 0. The molecule has 2 aromatic rings. The number of benzene rings is 1. The van der Waals surface area contributed by atoms with Gasteiger partial charge in [0.15, 0.2) is 0 Å². The van der Waals surface area contributed by atoms with Crippen molar-refractivity contribution in [3.8, 4) is 0 Å². The summed E-state index contributed by atoms with van der Waals surface area (Å²) in [5.41, 5.74) is 8.24. The van der Waals surface area contributed by atoms with Gasteiger partial charge in [-0.05, 0) is 23.3 Å². The summed E-state index contributed by atoms with van der Waals surface area (Å²) in [5.74, 6) is 0. The van der Waals surface area contributed by atoms with Gasteiger partial charge in [-0.3, -0.25) is 0 Å². The van der Waals surface area contributed by atoms with E-state index >= 15 is 0 Å². The number of rotatable bonds is 3. The molecule has 0 aliphatic heterocycles. The van der Waals surface area contributed by atoms with Gasteiger partial charge in [-0.1, -0.05) is 24.3 Å². The van der Waals surface area contributed by atoms with Crippen LogP contribution in [0.25, 0.3) is 0 Å². The summed E-state index contributed by atoms with van der Waals surface area (Å²) in [5, 5.41) is 9.98. The van der Waals surface area contributed by atoms with Crippen molar-refractivity contribution in [1.82, 2.24) is 4.98 Å². The van der Waals surface area contributed by atoms with Crippen LogP contribution in [0.5, 0.6) is 0 Å². The van der Waals surface area contributed by atoms with Crippen molar-refractivity contribution in [1.29, 1.82) is 0 Å². The average molecular weight is 202 g/mol. The van der Waals surface area contributed by atoms with Crippen LogP contribution in [0.2, 0.25) is 0 Å². The van der Waals surface area contributed by atoms with Crippen LogP contribution < -0.4 is 5.73 Å². The Morgan fingerprint density at radius 2 is 1.93 bits per heavy atom. The largest absolute Gasteiger partial charge is 0.382 e. The molecule has 1 aromatic heterocycles. The van der Waals surface area contributed by atoms with E-state index in [1.807, 2.05) is 36.4 Å². The van der Waals surface area contributed by atoms with Gasteiger partial charge >= 0.3 is 0 Å². The Morgan fingerprint density at radius 3 is 2.47 bits per heavy atom. The zero-order valence-corrected chi connectivity index (χ0v) is 8.35. The fourth-order valence-electron chi connectivity index (χ4n) is 1.53. The average Bonchev–Trinajstić information content (AvgIpc) is 2.82. The molecule has 0 saturated heterocycles. The number of aromatic nitrogens is 1. The standard InChI is InChI=1S/C12H14N2O/c13-8-9-3-5-10(6-4-9)12(15)11-2-1-7-14-11/h1-7,12,14-15H,8,13H2. The molecular weight excluding hydrogens is 188 g/mol. The lowest BCUT2D eigenvalue weighted by Gasteiger charge is -2.09. The second-order valence-electron chi connectivity index (χ2n) is 3.47. The molecule has 1 heterocycles. The summed E-state index contributed by atoms with van der Waals surface area (Å²) >= 11 is 0. The maximum absolute atomic E-state index is 9.98. The maximum atomic E-state index is 9.98. The molecule has 0 aliphatic carbocycles. The molecule has 0 amide bonds. The number of nitrogens with two attached hydrogens (primary N) is 1. The van der Waals surface area contributed by atoms with E-state index in [0.29, 0.717) is 6.54 Å². The molecule has 4 N–H and O–H groups in total. The number of aliphatic hydroxyl groups excluding tert-OH is 1. The number of nitrogens with one attached hydrogen (secondary N) is 1. The first kappa shape index (κ1) is 9.96. The Kier molecular flexibility index (Phi) is 2.85. The zero-order valence-electron chi connectivity index (χ0n) is 8.35. The lowest BCUT2D eigenvalue weighted by Crippen LogP contribution is -2.01. The molecule has 78 valence electrons. The zero-order chi connectivity index (χ0) is 10.7. The highest BCUT2D eigenvalue weighted by molar-refractivity contribution is 5.29. The van der Waals surface area contributed by atoms with Crippen molar-refractivity contribution >= 4 is 0 Å². The second kappa shape index (κ2) is 4.29. The molecule has 3 nitrogen and oxygen atoms in total. The summed E-state index contributed by atoms with van der Waals surface area (Å²) in [7, 11) is 0. The summed E-state index contributed by atoms with van der Waals surface area (Å²) in [4.78, 5) is 2.99. The third-order valence-corrected chi connectivity index (χ3v) is 2.45. The Bertz CT molecular complexity index is 406. The minimum Gasteiger partial charge on any atom is -0.382 e. The number of aliphatic hydroxyl groups is 1. The molecule has 15 heavy (non-hydrogen) atoms. The van der Waals surface area contributed by atoms with Gasteiger partial charge in [0.2, 0.25) is 0 Å². The van der Waals surface area contributed by atoms with Gasteiger partial charge < -0.3 is 15.8 Å². The van der Waals surface area contributed by atoms with Gasteiger partial charge in [0.05, 0.1) is 0 Å². The van der Waals surface area contributed by atoms with Crippen LogP contribution in [-0.4, -0.2) is 10.1 Å². The fraction of sp³-hybridized carbons (Fsp3) is 0.167. The summed E-state index contributed by atoms with van der Waals surface area (Å²) in [6.07, 6.45) is 1.21. The van der Waals surface area contributed by atoms with Gasteiger partial charge in [0, 0.05) is 18.4 Å². The van der Waals surface area contributed by atoms with E-state index in [2.05, 4.69) is 4.98 Å². The lowest BCUT2D eigenvalue weighted by atomic mass is 10.0. The second-order valence-corrected chi connectivity index (χ2v) is 3.47. The monoisotopic (exact) mass is 202 g/mol. The number of hydrogen-bond donors (Lipinski definition) is 3. The maximum Gasteiger partial charge on any atom is 0.119 e. The topological polar surface area (TPSA) is 62.0 Å². The number of H-pyrrole nitrogens is 1. The molecule has 0 saturated carbocycles. The molecule has 0 aliphatic rings. The lowest BCUT2D eigenvalue weighted by molar-refractivity contribution is 0.216. The molecule has 0 bridgehead atoms. The minimum absolute atomic E-state index is 0.527. The van der Waals surface area contributed by atoms with E-state index < -0.39 is 6.10 Å². The van der Waals surface area contributed by atoms with Gasteiger partial charge in [-0.2, -0.15) is 0 Å². The first-order chi connectivity index (χ1) is 7.31. The van der Waals surface area contributed by atoms with Crippen LogP contribution >= 0.6 is 0 Å². The van der Waals surface area contributed by atoms with Crippen molar-refractivity contribution in [2.75, 3.05) is 0 Å². The van der Waals surface area contributed by atoms with Crippen LogP contribution in [0.4, 0.5) is 0 Å². The van der Waals surface area contributed by atoms with Crippen LogP contribution in [0.15, 0.2) is 42.6 Å². The molecule has 1 aromatic carbocycles. The molecular formula is C12H14N2O. The first-order valence-corrected chi connectivity index (χ1v) is 4.91. The van der Waals surface area contributed by atoms with Gasteiger partial charge in [-0.15, -0.1) is 0 Å². The molecule has 2 rings (SSSR count). The van der Waals surface area contributed by atoms with E-state index in [1.165, 1.54) is 0 Å². The fourth-order valence-corrected chi connectivity index (χ4v) is 1.53. The predicted molar refractivity (Wildman–Crippen MR) is 59.2 cm³/mol. The molecule has 0 spiro atoms. The van der Waals surface area contributed by atoms with Crippen LogP contribution in [0.3, 0.4) is 0 Å². The number of aromatic amines is 1. The SMILES string of the molecule is NCc1ccc(C(O)c2ccc[nH]2)cc1. The molecule has 0 radical (unpaired) electrons. The normalized spacial score (nSPS) is 12.7. The molecule has 0 fully saturated rings. The van der Waals surface area contributed by atoms with Crippen molar-refractivity contribution in [2.24, 2.45) is 5.73 Å². The summed E-state index contributed by atoms with van der Waals surface area (Å²) in [6.45, 7) is 0.527. The highest BCUT2D eigenvalue weighted by Crippen LogP contribution is 2.20. The highest BCUT2D eigenvalue weighted by atomic mass is 16.3. The van der Waals surface area contributed by atoms with E-state index in [4.69, 9.17) is 5.73 Å². The van der Waals surface area contributed by atoms with E-state index in [0.717, 1.165) is 16.8 Å². The van der Waals surface area contributed by atoms with Crippen molar-refractivity contribution in [3.63, 3.8) is 0 Å². The highest BCUT2D eigenvalue weighted by Gasteiger charge is 2.10. The first-order valence-electron chi connectivity index (χ1n) is 4.91. The van der Waals surface area contributed by atoms with Gasteiger partial charge in [0.25, 0.3) is 0 Å². The molecule has 1 unspecified atom stereocenters. The third kappa shape index (κ3) is 2.09. The van der Waals surface area contributed by atoms with E-state index in [1.54, 1.807) is 6.20 Å². The van der Waals surface area contributed by atoms with Crippen LogP contribution in [0.1, 0.15) is 22.9 Å². The van der Waals surface area contributed by atoms with E-state index in [-0.39, 0.29) is 0 Å². The minimum atomic E-state index is -0.591. The summed E-state index contributed by atoms with van der Waals surface area (Å²) in [6, 6.07) is 11.4. The van der Waals surface area contributed by atoms with Crippen molar-refractivity contribution < 1.29 is 5.11 Å². The smallest absolute Gasteiger partial charge is 0.119 e. The van der Waals surface area contributed by atoms with Crippen LogP contribution in [0, 0.1) is 0 Å². The predicted octanol–water partition coefficient (Wildman–Crippen LogP) is 1.56. The Balaban J connectivity index is 2.22. The van der Waals surface area contributed by atoms with Crippen molar-refractivity contribution in [3.05, 3.63) is 59.4 Å². The van der Waals surface area contributed by atoms with Gasteiger partial charge in [0.1, 0.15) is 6.10 Å². The third-order valence-electron chi connectivity index (χ3n) is 2.45. The molecule has 3 heteroatoms. The van der Waals surface area contributed by atoms with Crippen molar-refractivity contribution in [2.45, 2.75) is 12.6 Å². The number of hydrogen-bond acceptors (Lipinski definition) is 2. The quantitative estimate of drug-likeness (QED) is 0.707. The Hall–Kier alpha value is -1.58. The van der Waals surface area contributed by atoms with Crippen LogP contribution in [-0.2, 0) is 6.54 Å². The molecule has 1 atom stereocenters. The van der Waals surface area contributed by atoms with E-state index in [9.17, 15) is 5.11 Å². The van der Waals surface area contributed by atoms with Gasteiger partial charge in [-0.25, -0.2) is 0 Å². The Labute approximate surface area is 88.6 Å².